The Hall–Kier alpha value is -1.76. The second kappa shape index (κ2) is 5.72. The molecule has 94 valence electrons. The van der Waals surface area contributed by atoms with E-state index >= 15 is 0 Å². The predicted molar refractivity (Wildman–Crippen MR) is 79.7 cm³/mol. The summed E-state index contributed by atoms with van der Waals surface area (Å²) in [4.78, 5) is 0. The molecule has 2 rings (SSSR count). The molecule has 0 radical (unpaired) electrons. The molecule has 18 heavy (non-hydrogen) atoms. The van der Waals surface area contributed by atoms with Crippen molar-refractivity contribution in [1.29, 1.82) is 0 Å². The lowest BCUT2D eigenvalue weighted by molar-refractivity contribution is 1.08. The highest BCUT2D eigenvalue weighted by atomic mass is 14.9. The summed E-state index contributed by atoms with van der Waals surface area (Å²) in [6.07, 6.45) is 2.12. The van der Waals surface area contributed by atoms with E-state index in [-0.39, 0.29) is 0 Å². The zero-order valence-corrected chi connectivity index (χ0v) is 11.5. The van der Waals surface area contributed by atoms with Gasteiger partial charge in [0.25, 0.3) is 0 Å². The molecule has 0 aromatic heterocycles. The molecule has 1 heteroatoms. The Bertz CT molecular complexity index is 489. The Balaban J connectivity index is 2.42. The summed E-state index contributed by atoms with van der Waals surface area (Å²) < 4.78 is 0. The van der Waals surface area contributed by atoms with Crippen LogP contribution in [0.25, 0.3) is 0 Å². The molecule has 2 aromatic carbocycles. The summed E-state index contributed by atoms with van der Waals surface area (Å²) in [6.45, 7) is 6.60. The second-order valence-corrected chi connectivity index (χ2v) is 4.66. The van der Waals surface area contributed by atoms with Gasteiger partial charge in [-0.2, -0.15) is 0 Å². The van der Waals surface area contributed by atoms with Gasteiger partial charge in [-0.15, -0.1) is 0 Å². The van der Waals surface area contributed by atoms with Crippen molar-refractivity contribution in [2.45, 2.75) is 33.6 Å². The van der Waals surface area contributed by atoms with Crippen molar-refractivity contribution in [1.82, 2.24) is 0 Å². The van der Waals surface area contributed by atoms with Crippen LogP contribution in [0, 0.1) is 6.92 Å². The fourth-order valence-electron chi connectivity index (χ4n) is 2.33. The van der Waals surface area contributed by atoms with E-state index in [0.717, 1.165) is 18.5 Å². The van der Waals surface area contributed by atoms with E-state index in [9.17, 15) is 0 Å². The molecule has 0 fully saturated rings. The summed E-state index contributed by atoms with van der Waals surface area (Å²) in [5, 5.41) is 3.57. The van der Waals surface area contributed by atoms with Crippen LogP contribution in [0.3, 0.4) is 0 Å². The molecule has 0 saturated heterocycles. The van der Waals surface area contributed by atoms with Crippen molar-refractivity contribution in [3.05, 3.63) is 59.2 Å². The third-order valence-electron chi connectivity index (χ3n) is 3.25. The van der Waals surface area contributed by atoms with Crippen LogP contribution >= 0.6 is 0 Å². The minimum Gasteiger partial charge on any atom is -0.355 e. The SMILES string of the molecule is CCc1cc(C)cc(CC)c1Nc1ccccc1. The highest BCUT2D eigenvalue weighted by Gasteiger charge is 2.07. The molecule has 0 spiro atoms. The Morgan fingerprint density at radius 1 is 0.889 bits per heavy atom. The average molecular weight is 239 g/mol. The number of aryl methyl sites for hydroxylation is 3. The molecule has 1 nitrogen and oxygen atoms in total. The lowest BCUT2D eigenvalue weighted by atomic mass is 9.99. The predicted octanol–water partition coefficient (Wildman–Crippen LogP) is 4.86. The van der Waals surface area contributed by atoms with Crippen molar-refractivity contribution >= 4 is 11.4 Å². The minimum atomic E-state index is 1.06. The van der Waals surface area contributed by atoms with Gasteiger partial charge >= 0.3 is 0 Å². The third-order valence-corrected chi connectivity index (χ3v) is 3.25. The molecule has 0 bridgehead atoms. The van der Waals surface area contributed by atoms with Gasteiger partial charge in [0, 0.05) is 11.4 Å². The van der Waals surface area contributed by atoms with Crippen LogP contribution in [-0.2, 0) is 12.8 Å². The van der Waals surface area contributed by atoms with E-state index in [1.54, 1.807) is 0 Å². The van der Waals surface area contributed by atoms with Crippen LogP contribution in [0.15, 0.2) is 42.5 Å². The molecule has 0 saturated carbocycles. The average Bonchev–Trinajstić information content (AvgIpc) is 2.41. The van der Waals surface area contributed by atoms with Gasteiger partial charge in [-0.3, -0.25) is 0 Å². The maximum Gasteiger partial charge on any atom is 0.0449 e. The van der Waals surface area contributed by atoms with E-state index in [0.29, 0.717) is 0 Å². The highest BCUT2D eigenvalue weighted by Crippen LogP contribution is 2.27. The molecule has 0 atom stereocenters. The zero-order valence-electron chi connectivity index (χ0n) is 11.5. The van der Waals surface area contributed by atoms with Crippen LogP contribution in [0.5, 0.6) is 0 Å². The molecule has 0 aliphatic rings. The van der Waals surface area contributed by atoms with Gasteiger partial charge in [0.2, 0.25) is 0 Å². The Kier molecular flexibility index (Phi) is 4.03. The van der Waals surface area contributed by atoms with Crippen molar-refractivity contribution in [3.8, 4) is 0 Å². The van der Waals surface area contributed by atoms with Crippen LogP contribution in [0.2, 0.25) is 0 Å². The third kappa shape index (κ3) is 2.73. The van der Waals surface area contributed by atoms with Gasteiger partial charge < -0.3 is 5.32 Å². The number of hydrogen-bond donors (Lipinski definition) is 1. The first-order valence-corrected chi connectivity index (χ1v) is 6.69. The fourth-order valence-corrected chi connectivity index (χ4v) is 2.33. The van der Waals surface area contributed by atoms with E-state index in [2.05, 4.69) is 62.5 Å². The first kappa shape index (κ1) is 12.7. The van der Waals surface area contributed by atoms with Crippen molar-refractivity contribution in [3.63, 3.8) is 0 Å². The summed E-state index contributed by atoms with van der Waals surface area (Å²) in [7, 11) is 0. The van der Waals surface area contributed by atoms with Gasteiger partial charge in [0.15, 0.2) is 0 Å². The summed E-state index contributed by atoms with van der Waals surface area (Å²) in [6, 6.07) is 15.0. The number of anilines is 2. The normalized spacial score (nSPS) is 10.4. The van der Waals surface area contributed by atoms with Crippen LogP contribution in [0.1, 0.15) is 30.5 Å². The zero-order chi connectivity index (χ0) is 13.0. The molecule has 1 N–H and O–H groups in total. The lowest BCUT2D eigenvalue weighted by Crippen LogP contribution is -2.01. The van der Waals surface area contributed by atoms with Gasteiger partial charge in [-0.05, 0) is 43.0 Å². The van der Waals surface area contributed by atoms with Crippen LogP contribution in [-0.4, -0.2) is 0 Å². The standard InChI is InChI=1S/C17H21N/c1-4-14-11-13(3)12-15(5-2)17(14)18-16-9-7-6-8-10-16/h6-12,18H,4-5H2,1-3H3. The summed E-state index contributed by atoms with van der Waals surface area (Å²) in [5.74, 6) is 0. The van der Waals surface area contributed by atoms with Gasteiger partial charge in [0.05, 0.1) is 0 Å². The Labute approximate surface area is 110 Å². The Morgan fingerprint density at radius 2 is 1.44 bits per heavy atom. The van der Waals surface area contributed by atoms with E-state index in [1.165, 1.54) is 22.4 Å². The van der Waals surface area contributed by atoms with Crippen molar-refractivity contribution in [2.75, 3.05) is 5.32 Å². The number of benzene rings is 2. The van der Waals surface area contributed by atoms with Crippen molar-refractivity contribution in [2.24, 2.45) is 0 Å². The number of hydrogen-bond acceptors (Lipinski definition) is 1. The smallest absolute Gasteiger partial charge is 0.0449 e. The van der Waals surface area contributed by atoms with Crippen LogP contribution < -0.4 is 5.32 Å². The molecule has 2 aromatic rings. The number of rotatable bonds is 4. The topological polar surface area (TPSA) is 12.0 Å². The maximum absolute atomic E-state index is 3.57. The Morgan fingerprint density at radius 3 is 1.94 bits per heavy atom. The maximum atomic E-state index is 3.57. The first-order valence-electron chi connectivity index (χ1n) is 6.69. The molecular formula is C17H21N. The summed E-state index contributed by atoms with van der Waals surface area (Å²) in [5.41, 5.74) is 6.59. The number of nitrogens with one attached hydrogen (secondary N) is 1. The molecule has 0 unspecified atom stereocenters. The molecule has 0 aliphatic heterocycles. The van der Waals surface area contributed by atoms with Crippen LogP contribution in [0.4, 0.5) is 11.4 Å². The largest absolute Gasteiger partial charge is 0.355 e. The quantitative estimate of drug-likeness (QED) is 0.803. The monoisotopic (exact) mass is 239 g/mol. The first-order chi connectivity index (χ1) is 8.74. The van der Waals surface area contributed by atoms with Gasteiger partial charge in [0.1, 0.15) is 0 Å². The fraction of sp³-hybridized carbons (Fsp3) is 0.294. The minimum absolute atomic E-state index is 1.06. The molecular weight excluding hydrogens is 218 g/mol. The molecule has 0 heterocycles. The highest BCUT2D eigenvalue weighted by molar-refractivity contribution is 5.67. The molecule has 0 amide bonds. The number of para-hydroxylation sites is 1. The summed E-state index contributed by atoms with van der Waals surface area (Å²) >= 11 is 0. The molecule has 0 aliphatic carbocycles. The van der Waals surface area contributed by atoms with Crippen molar-refractivity contribution < 1.29 is 0 Å². The van der Waals surface area contributed by atoms with E-state index in [4.69, 9.17) is 0 Å². The van der Waals surface area contributed by atoms with E-state index < -0.39 is 0 Å². The second-order valence-electron chi connectivity index (χ2n) is 4.66. The van der Waals surface area contributed by atoms with Gasteiger partial charge in [-0.1, -0.05) is 49.7 Å². The van der Waals surface area contributed by atoms with Gasteiger partial charge in [-0.25, -0.2) is 0 Å². The van der Waals surface area contributed by atoms with E-state index in [1.807, 2.05) is 6.07 Å². The lowest BCUT2D eigenvalue weighted by Gasteiger charge is -2.16.